The number of aliphatic hydroxyl groups is 1. The molecule has 5 unspecified atom stereocenters. The Morgan fingerprint density at radius 2 is 2.17 bits per heavy atom. The van der Waals surface area contributed by atoms with Gasteiger partial charge >= 0.3 is 0 Å². The molecule has 1 aromatic rings. The smallest absolute Gasteiger partial charge is 0.129 e. The van der Waals surface area contributed by atoms with E-state index >= 15 is 0 Å². The van der Waals surface area contributed by atoms with Gasteiger partial charge in [0.2, 0.25) is 0 Å². The molecule has 4 rings (SSSR count). The number of aromatic nitrogens is 1. The lowest BCUT2D eigenvalue weighted by Crippen LogP contribution is -2.39. The molecule has 3 nitrogen and oxygen atoms in total. The maximum absolute atomic E-state index is 11.2. The van der Waals surface area contributed by atoms with Crippen LogP contribution in [-0.4, -0.2) is 10.1 Å². The third-order valence-electron chi connectivity index (χ3n) is 5.80. The van der Waals surface area contributed by atoms with Crippen molar-refractivity contribution in [1.29, 1.82) is 0 Å². The normalized spacial score (nSPS) is 45.4. The predicted molar refractivity (Wildman–Crippen MR) is 69.6 cm³/mol. The van der Waals surface area contributed by atoms with Crippen molar-refractivity contribution in [3.63, 3.8) is 0 Å². The van der Waals surface area contributed by atoms with Gasteiger partial charge in [-0.1, -0.05) is 12.5 Å². The summed E-state index contributed by atoms with van der Waals surface area (Å²) in [5.41, 5.74) is 6.16. The third-order valence-corrected chi connectivity index (χ3v) is 5.80. The standard InChI is InChI=1S/C15H20N2O/c16-14-12(5-2-6-17-14)15(18)8-9-7-13(15)11-4-1-3-10(9)11/h2,5-6,9-11,13,18H,1,3-4,7-8H2,(H2,16,17). The van der Waals surface area contributed by atoms with Gasteiger partial charge in [0.1, 0.15) is 5.82 Å². The van der Waals surface area contributed by atoms with Gasteiger partial charge in [0.15, 0.2) is 0 Å². The highest BCUT2D eigenvalue weighted by Gasteiger charge is 2.61. The number of hydrogen-bond acceptors (Lipinski definition) is 3. The van der Waals surface area contributed by atoms with Crippen molar-refractivity contribution >= 4 is 5.82 Å². The van der Waals surface area contributed by atoms with E-state index in [0.29, 0.717) is 17.7 Å². The molecule has 1 heterocycles. The summed E-state index contributed by atoms with van der Waals surface area (Å²) in [7, 11) is 0. The van der Waals surface area contributed by atoms with Gasteiger partial charge in [-0.25, -0.2) is 4.98 Å². The minimum atomic E-state index is -0.700. The molecule has 0 saturated heterocycles. The summed E-state index contributed by atoms with van der Waals surface area (Å²) in [6, 6.07) is 3.86. The molecule has 2 bridgehead atoms. The maximum Gasteiger partial charge on any atom is 0.129 e. The first-order chi connectivity index (χ1) is 8.70. The van der Waals surface area contributed by atoms with Gasteiger partial charge in [0.05, 0.1) is 5.60 Å². The number of nitrogens with zero attached hydrogens (tertiary/aromatic N) is 1. The Morgan fingerprint density at radius 3 is 3.00 bits per heavy atom. The van der Waals surface area contributed by atoms with Gasteiger partial charge in [0.25, 0.3) is 0 Å². The summed E-state index contributed by atoms with van der Waals surface area (Å²) in [6.45, 7) is 0. The minimum Gasteiger partial charge on any atom is -0.385 e. The van der Waals surface area contributed by atoms with Crippen LogP contribution in [0.25, 0.3) is 0 Å². The highest BCUT2D eigenvalue weighted by Crippen LogP contribution is 2.65. The van der Waals surface area contributed by atoms with Crippen molar-refractivity contribution in [3.8, 4) is 0 Å². The lowest BCUT2D eigenvalue weighted by atomic mass is 9.70. The Balaban J connectivity index is 1.76. The van der Waals surface area contributed by atoms with Gasteiger partial charge < -0.3 is 10.8 Å². The summed E-state index contributed by atoms with van der Waals surface area (Å²) in [5, 5.41) is 11.2. The number of rotatable bonds is 1. The van der Waals surface area contributed by atoms with Crippen molar-refractivity contribution in [1.82, 2.24) is 4.98 Å². The number of nitrogen functional groups attached to an aromatic ring is 1. The number of fused-ring (bicyclic) bond motifs is 5. The van der Waals surface area contributed by atoms with Crippen LogP contribution in [0.2, 0.25) is 0 Å². The zero-order valence-corrected chi connectivity index (χ0v) is 10.5. The molecule has 0 aliphatic heterocycles. The molecule has 3 aliphatic rings. The monoisotopic (exact) mass is 244 g/mol. The highest BCUT2D eigenvalue weighted by molar-refractivity contribution is 5.44. The van der Waals surface area contributed by atoms with E-state index in [1.54, 1.807) is 6.20 Å². The van der Waals surface area contributed by atoms with Gasteiger partial charge in [-0.05, 0) is 55.4 Å². The summed E-state index contributed by atoms with van der Waals surface area (Å²) < 4.78 is 0. The molecule has 0 aromatic carbocycles. The number of pyridine rings is 1. The SMILES string of the molecule is Nc1ncccc1C1(O)CC2CC1C1CCCC21. The predicted octanol–water partition coefficient (Wildman–Crippen LogP) is 2.31. The van der Waals surface area contributed by atoms with Crippen LogP contribution >= 0.6 is 0 Å². The van der Waals surface area contributed by atoms with Gasteiger partial charge in [0, 0.05) is 11.8 Å². The molecule has 3 saturated carbocycles. The van der Waals surface area contributed by atoms with E-state index in [4.69, 9.17) is 5.73 Å². The molecular formula is C15H20N2O. The van der Waals surface area contributed by atoms with E-state index in [9.17, 15) is 5.11 Å². The zero-order valence-electron chi connectivity index (χ0n) is 10.5. The number of nitrogens with two attached hydrogens (primary N) is 1. The second-order valence-electron chi connectivity index (χ2n) is 6.43. The molecule has 0 radical (unpaired) electrons. The van der Waals surface area contributed by atoms with Crippen molar-refractivity contribution in [2.45, 2.75) is 37.7 Å². The minimum absolute atomic E-state index is 0.418. The van der Waals surface area contributed by atoms with Crippen LogP contribution in [0.1, 0.15) is 37.7 Å². The molecule has 0 spiro atoms. The first kappa shape index (κ1) is 10.8. The van der Waals surface area contributed by atoms with Crippen molar-refractivity contribution in [2.75, 3.05) is 5.73 Å². The van der Waals surface area contributed by atoms with Crippen molar-refractivity contribution in [3.05, 3.63) is 23.9 Å². The number of anilines is 1. The van der Waals surface area contributed by atoms with E-state index in [0.717, 1.165) is 23.8 Å². The molecule has 3 heteroatoms. The first-order valence-corrected chi connectivity index (χ1v) is 7.13. The topological polar surface area (TPSA) is 59.1 Å². The van der Waals surface area contributed by atoms with Crippen LogP contribution in [0.5, 0.6) is 0 Å². The van der Waals surface area contributed by atoms with Crippen molar-refractivity contribution < 1.29 is 5.11 Å². The molecule has 3 aliphatic carbocycles. The van der Waals surface area contributed by atoms with Gasteiger partial charge in [-0.15, -0.1) is 0 Å². The fourth-order valence-corrected chi connectivity index (χ4v) is 5.21. The Bertz CT molecular complexity index is 489. The zero-order chi connectivity index (χ0) is 12.3. The molecular weight excluding hydrogens is 224 g/mol. The van der Waals surface area contributed by atoms with Crippen LogP contribution in [0.3, 0.4) is 0 Å². The van der Waals surface area contributed by atoms with Crippen LogP contribution in [0.15, 0.2) is 18.3 Å². The van der Waals surface area contributed by atoms with E-state index in [1.807, 2.05) is 12.1 Å². The second kappa shape index (κ2) is 3.47. The van der Waals surface area contributed by atoms with Crippen LogP contribution in [-0.2, 0) is 5.60 Å². The summed E-state index contributed by atoms with van der Waals surface area (Å²) in [4.78, 5) is 4.16. The molecule has 96 valence electrons. The Morgan fingerprint density at radius 1 is 1.33 bits per heavy atom. The van der Waals surface area contributed by atoms with Gasteiger partial charge in [-0.2, -0.15) is 0 Å². The van der Waals surface area contributed by atoms with Crippen molar-refractivity contribution in [2.24, 2.45) is 23.7 Å². The van der Waals surface area contributed by atoms with Crippen LogP contribution in [0.4, 0.5) is 5.82 Å². The lowest BCUT2D eigenvalue weighted by Gasteiger charge is -2.39. The fourth-order valence-electron chi connectivity index (χ4n) is 5.21. The molecule has 3 N–H and O–H groups in total. The quantitative estimate of drug-likeness (QED) is 0.797. The van der Waals surface area contributed by atoms with Crippen LogP contribution in [0, 0.1) is 23.7 Å². The summed E-state index contributed by atoms with van der Waals surface area (Å²) in [5.74, 6) is 3.26. The number of hydrogen-bond donors (Lipinski definition) is 2. The Kier molecular flexibility index (Phi) is 2.08. The van der Waals surface area contributed by atoms with Crippen LogP contribution < -0.4 is 5.73 Å². The largest absolute Gasteiger partial charge is 0.385 e. The van der Waals surface area contributed by atoms with E-state index in [1.165, 1.54) is 25.7 Å². The first-order valence-electron chi connectivity index (χ1n) is 7.13. The maximum atomic E-state index is 11.2. The average Bonchev–Trinajstić information content (AvgIpc) is 2.99. The third kappa shape index (κ3) is 1.21. The molecule has 3 fully saturated rings. The Labute approximate surface area is 107 Å². The second-order valence-corrected chi connectivity index (χ2v) is 6.43. The summed E-state index contributed by atoms with van der Waals surface area (Å²) in [6.07, 6.45) is 7.82. The Hall–Kier alpha value is -1.09. The highest BCUT2D eigenvalue weighted by atomic mass is 16.3. The van der Waals surface area contributed by atoms with E-state index < -0.39 is 5.60 Å². The average molecular weight is 244 g/mol. The van der Waals surface area contributed by atoms with E-state index in [2.05, 4.69) is 4.98 Å². The molecule has 5 atom stereocenters. The lowest BCUT2D eigenvalue weighted by molar-refractivity contribution is -0.0508. The van der Waals surface area contributed by atoms with E-state index in [-0.39, 0.29) is 0 Å². The van der Waals surface area contributed by atoms with Gasteiger partial charge in [-0.3, -0.25) is 0 Å². The fraction of sp³-hybridized carbons (Fsp3) is 0.667. The molecule has 18 heavy (non-hydrogen) atoms. The molecule has 0 amide bonds. The summed E-state index contributed by atoms with van der Waals surface area (Å²) >= 11 is 0. The molecule has 1 aromatic heterocycles.